The summed E-state index contributed by atoms with van der Waals surface area (Å²) in [7, 11) is 0. The van der Waals surface area contributed by atoms with E-state index in [4.69, 9.17) is 0 Å². The van der Waals surface area contributed by atoms with E-state index in [0.717, 1.165) is 6.54 Å². The number of unbranched alkanes of at least 4 members (excludes halogenated alkanes) is 2. The fourth-order valence-corrected chi connectivity index (χ4v) is 3.05. The second-order valence-corrected chi connectivity index (χ2v) is 6.00. The summed E-state index contributed by atoms with van der Waals surface area (Å²) in [5.41, 5.74) is 2.88. The Labute approximate surface area is 124 Å². The third-order valence-electron chi connectivity index (χ3n) is 4.39. The highest BCUT2D eigenvalue weighted by molar-refractivity contribution is 5.57. The topological polar surface area (TPSA) is 15.3 Å². The van der Waals surface area contributed by atoms with Crippen molar-refractivity contribution in [3.05, 3.63) is 29.8 Å². The third kappa shape index (κ3) is 4.24. The lowest BCUT2D eigenvalue weighted by molar-refractivity contribution is 0.256. The summed E-state index contributed by atoms with van der Waals surface area (Å²) in [5, 5.41) is 3.54. The Hall–Kier alpha value is -1.02. The summed E-state index contributed by atoms with van der Waals surface area (Å²) < 4.78 is 0. The van der Waals surface area contributed by atoms with Crippen LogP contribution in [0.2, 0.25) is 0 Å². The number of hydrogen-bond acceptors (Lipinski definition) is 2. The Balaban J connectivity index is 1.83. The quantitative estimate of drug-likeness (QED) is 0.714. The molecule has 0 fully saturated rings. The lowest BCUT2D eigenvalue weighted by atomic mass is 9.97. The van der Waals surface area contributed by atoms with E-state index in [1.54, 1.807) is 0 Å². The largest absolute Gasteiger partial charge is 0.384 e. The number of hydrogen-bond donors (Lipinski definition) is 1. The van der Waals surface area contributed by atoms with Crippen molar-refractivity contribution in [1.29, 1.82) is 0 Å². The zero-order valence-corrected chi connectivity index (χ0v) is 13.2. The number of nitrogens with zero attached hydrogens (tertiary/aromatic N) is 1. The summed E-state index contributed by atoms with van der Waals surface area (Å²) in [5.74, 6) is 0.706. The van der Waals surface area contributed by atoms with Gasteiger partial charge in [-0.3, -0.25) is 0 Å². The van der Waals surface area contributed by atoms with Crippen molar-refractivity contribution in [2.75, 3.05) is 31.5 Å². The molecule has 2 heteroatoms. The highest BCUT2D eigenvalue weighted by Crippen LogP contribution is 2.33. The summed E-state index contributed by atoms with van der Waals surface area (Å²) in [6.07, 6.45) is 6.57. The van der Waals surface area contributed by atoms with Crippen molar-refractivity contribution in [3.8, 4) is 0 Å². The predicted octanol–water partition coefficient (Wildman–Crippen LogP) is 4.49. The molecule has 1 aromatic carbocycles. The number of fused-ring (bicyclic) bond motifs is 1. The molecule has 0 bridgehead atoms. The molecule has 0 spiro atoms. The SMILES string of the molecule is CCCCN(CCCC)CCC1CNc2ccccc21. The van der Waals surface area contributed by atoms with E-state index in [1.807, 2.05) is 0 Å². The van der Waals surface area contributed by atoms with Gasteiger partial charge in [0.05, 0.1) is 0 Å². The van der Waals surface area contributed by atoms with E-state index in [0.29, 0.717) is 5.92 Å². The molecule has 1 aliphatic rings. The molecule has 1 heterocycles. The first-order valence-electron chi connectivity index (χ1n) is 8.40. The van der Waals surface area contributed by atoms with Crippen LogP contribution in [0.25, 0.3) is 0 Å². The van der Waals surface area contributed by atoms with Crippen LogP contribution in [-0.4, -0.2) is 31.1 Å². The molecular weight excluding hydrogens is 244 g/mol. The molecule has 0 amide bonds. The van der Waals surface area contributed by atoms with Crippen LogP contribution in [-0.2, 0) is 0 Å². The molecule has 1 atom stereocenters. The monoisotopic (exact) mass is 274 g/mol. The van der Waals surface area contributed by atoms with Gasteiger partial charge in [-0.25, -0.2) is 0 Å². The van der Waals surface area contributed by atoms with Gasteiger partial charge < -0.3 is 10.2 Å². The van der Waals surface area contributed by atoms with Crippen molar-refractivity contribution in [2.45, 2.75) is 51.9 Å². The molecule has 112 valence electrons. The minimum Gasteiger partial charge on any atom is -0.384 e. The van der Waals surface area contributed by atoms with Crippen LogP contribution in [0.4, 0.5) is 5.69 Å². The maximum atomic E-state index is 3.54. The van der Waals surface area contributed by atoms with E-state index in [2.05, 4.69) is 48.3 Å². The van der Waals surface area contributed by atoms with Crippen LogP contribution in [0.3, 0.4) is 0 Å². The predicted molar refractivity (Wildman–Crippen MR) is 88.5 cm³/mol. The van der Waals surface area contributed by atoms with Crippen molar-refractivity contribution in [1.82, 2.24) is 4.90 Å². The van der Waals surface area contributed by atoms with Crippen molar-refractivity contribution < 1.29 is 0 Å². The molecule has 0 radical (unpaired) electrons. The van der Waals surface area contributed by atoms with Gasteiger partial charge in [-0.05, 0) is 50.5 Å². The number of para-hydroxylation sites is 1. The van der Waals surface area contributed by atoms with Crippen LogP contribution in [0.15, 0.2) is 24.3 Å². The highest BCUT2D eigenvalue weighted by Gasteiger charge is 2.21. The van der Waals surface area contributed by atoms with Gasteiger partial charge in [0.15, 0.2) is 0 Å². The molecule has 1 unspecified atom stereocenters. The molecule has 0 aliphatic carbocycles. The van der Waals surface area contributed by atoms with Crippen LogP contribution in [0, 0.1) is 0 Å². The van der Waals surface area contributed by atoms with Gasteiger partial charge in [0.25, 0.3) is 0 Å². The second-order valence-electron chi connectivity index (χ2n) is 6.00. The van der Waals surface area contributed by atoms with E-state index >= 15 is 0 Å². The molecule has 1 aliphatic heterocycles. The van der Waals surface area contributed by atoms with Crippen LogP contribution >= 0.6 is 0 Å². The average Bonchev–Trinajstić information content (AvgIpc) is 2.90. The van der Waals surface area contributed by atoms with Crippen LogP contribution in [0.5, 0.6) is 0 Å². The van der Waals surface area contributed by atoms with E-state index in [1.165, 1.54) is 63.0 Å². The normalized spacial score (nSPS) is 17.2. The van der Waals surface area contributed by atoms with Gasteiger partial charge in [0, 0.05) is 18.2 Å². The molecule has 0 saturated heterocycles. The zero-order valence-electron chi connectivity index (χ0n) is 13.2. The lowest BCUT2D eigenvalue weighted by Crippen LogP contribution is -2.28. The standard InChI is InChI=1S/C18H30N2/c1-3-5-12-20(13-6-4-2)14-11-16-15-19-18-10-8-7-9-17(16)18/h7-10,16,19H,3-6,11-15H2,1-2H3. The minimum atomic E-state index is 0.706. The summed E-state index contributed by atoms with van der Waals surface area (Å²) in [6.45, 7) is 9.50. The Morgan fingerprint density at radius 2 is 1.75 bits per heavy atom. The first-order valence-corrected chi connectivity index (χ1v) is 8.40. The smallest absolute Gasteiger partial charge is 0.0376 e. The molecule has 0 saturated carbocycles. The van der Waals surface area contributed by atoms with Gasteiger partial charge in [0.1, 0.15) is 0 Å². The fraction of sp³-hybridized carbons (Fsp3) is 0.667. The molecule has 1 aromatic rings. The Kier molecular flexibility index (Phi) is 6.38. The summed E-state index contributed by atoms with van der Waals surface area (Å²) >= 11 is 0. The van der Waals surface area contributed by atoms with Gasteiger partial charge in [-0.1, -0.05) is 44.9 Å². The van der Waals surface area contributed by atoms with E-state index < -0.39 is 0 Å². The summed E-state index contributed by atoms with van der Waals surface area (Å²) in [6, 6.07) is 8.80. The minimum absolute atomic E-state index is 0.706. The number of rotatable bonds is 9. The Morgan fingerprint density at radius 3 is 2.45 bits per heavy atom. The second kappa shape index (κ2) is 8.31. The third-order valence-corrected chi connectivity index (χ3v) is 4.39. The van der Waals surface area contributed by atoms with Crippen molar-refractivity contribution >= 4 is 5.69 Å². The first kappa shape index (κ1) is 15.4. The molecule has 2 rings (SSSR count). The fourth-order valence-electron chi connectivity index (χ4n) is 3.05. The van der Waals surface area contributed by atoms with Gasteiger partial charge in [-0.15, -0.1) is 0 Å². The number of benzene rings is 1. The first-order chi connectivity index (χ1) is 9.85. The van der Waals surface area contributed by atoms with E-state index in [9.17, 15) is 0 Å². The number of nitrogens with one attached hydrogen (secondary N) is 1. The summed E-state index contributed by atoms with van der Waals surface area (Å²) in [4.78, 5) is 2.67. The number of anilines is 1. The molecular formula is C18H30N2. The Bertz CT molecular complexity index is 381. The molecule has 2 nitrogen and oxygen atoms in total. The Morgan fingerprint density at radius 1 is 1.05 bits per heavy atom. The maximum Gasteiger partial charge on any atom is 0.0376 e. The zero-order chi connectivity index (χ0) is 14.2. The molecule has 20 heavy (non-hydrogen) atoms. The average molecular weight is 274 g/mol. The maximum absolute atomic E-state index is 3.54. The van der Waals surface area contributed by atoms with Crippen molar-refractivity contribution in [3.63, 3.8) is 0 Å². The lowest BCUT2D eigenvalue weighted by Gasteiger charge is -2.23. The van der Waals surface area contributed by atoms with Crippen LogP contribution in [0.1, 0.15) is 57.4 Å². The molecule has 0 aromatic heterocycles. The van der Waals surface area contributed by atoms with Gasteiger partial charge >= 0.3 is 0 Å². The van der Waals surface area contributed by atoms with Gasteiger partial charge in [0.2, 0.25) is 0 Å². The van der Waals surface area contributed by atoms with Crippen LogP contribution < -0.4 is 5.32 Å². The van der Waals surface area contributed by atoms with Gasteiger partial charge in [-0.2, -0.15) is 0 Å². The highest BCUT2D eigenvalue weighted by atomic mass is 15.1. The van der Waals surface area contributed by atoms with Crippen molar-refractivity contribution in [2.24, 2.45) is 0 Å². The molecule has 1 N–H and O–H groups in total. The van der Waals surface area contributed by atoms with E-state index in [-0.39, 0.29) is 0 Å².